The molecule has 1 unspecified atom stereocenters. The van der Waals surface area contributed by atoms with Gasteiger partial charge in [0.2, 0.25) is 0 Å². The molecule has 1 heterocycles. The molecule has 1 rings (SSSR count). The molecular formula is C11H18N2O2S. The lowest BCUT2D eigenvalue weighted by Gasteiger charge is -2.25. The highest BCUT2D eigenvalue weighted by molar-refractivity contribution is 7.11. The van der Waals surface area contributed by atoms with E-state index in [1.54, 1.807) is 12.4 Å². The molecule has 0 saturated heterocycles. The van der Waals surface area contributed by atoms with Gasteiger partial charge in [-0.05, 0) is 12.3 Å². The topological polar surface area (TPSA) is 62.2 Å². The lowest BCUT2D eigenvalue weighted by molar-refractivity contribution is 0.0588. The summed E-state index contributed by atoms with van der Waals surface area (Å²) >= 11 is 1.31. The summed E-state index contributed by atoms with van der Waals surface area (Å²) in [6.07, 6.45) is -0.551. The van der Waals surface area contributed by atoms with Crippen molar-refractivity contribution in [3.8, 4) is 0 Å². The van der Waals surface area contributed by atoms with Crippen molar-refractivity contribution < 1.29 is 9.90 Å². The van der Waals surface area contributed by atoms with Gasteiger partial charge in [0.15, 0.2) is 0 Å². The van der Waals surface area contributed by atoms with Crippen LogP contribution in [0.15, 0.2) is 5.51 Å². The van der Waals surface area contributed by atoms with Crippen LogP contribution in [0.4, 0.5) is 0 Å². The fourth-order valence-electron chi connectivity index (χ4n) is 1.10. The van der Waals surface area contributed by atoms with Crippen LogP contribution in [-0.2, 0) is 0 Å². The van der Waals surface area contributed by atoms with Gasteiger partial charge in [0, 0.05) is 6.54 Å². The average Bonchev–Trinajstić information content (AvgIpc) is 2.58. The van der Waals surface area contributed by atoms with E-state index in [0.717, 1.165) is 5.69 Å². The lowest BCUT2D eigenvalue weighted by Crippen LogP contribution is -2.39. The Morgan fingerprint density at radius 3 is 2.69 bits per heavy atom. The Morgan fingerprint density at radius 2 is 2.25 bits per heavy atom. The quantitative estimate of drug-likeness (QED) is 0.846. The van der Waals surface area contributed by atoms with Crippen LogP contribution >= 0.6 is 11.3 Å². The van der Waals surface area contributed by atoms with Gasteiger partial charge in [-0.15, -0.1) is 11.3 Å². The van der Waals surface area contributed by atoms with Crippen LogP contribution < -0.4 is 5.32 Å². The van der Waals surface area contributed by atoms with Crippen LogP contribution in [0.5, 0.6) is 0 Å². The number of nitrogens with one attached hydrogen (secondary N) is 1. The Hall–Kier alpha value is -0.940. The second-order valence-electron chi connectivity index (χ2n) is 4.86. The summed E-state index contributed by atoms with van der Waals surface area (Å²) in [5, 5.41) is 12.5. The highest BCUT2D eigenvalue weighted by Gasteiger charge is 2.23. The van der Waals surface area contributed by atoms with Gasteiger partial charge in [-0.2, -0.15) is 0 Å². The van der Waals surface area contributed by atoms with Gasteiger partial charge in [-0.25, -0.2) is 4.98 Å². The number of aliphatic hydroxyl groups excluding tert-OH is 1. The first kappa shape index (κ1) is 13.1. The summed E-state index contributed by atoms with van der Waals surface area (Å²) in [5.41, 5.74) is 2.15. The molecule has 0 aliphatic rings. The first-order valence-electron chi connectivity index (χ1n) is 5.18. The largest absolute Gasteiger partial charge is 0.391 e. The van der Waals surface area contributed by atoms with Gasteiger partial charge >= 0.3 is 0 Å². The number of hydrogen-bond acceptors (Lipinski definition) is 4. The summed E-state index contributed by atoms with van der Waals surface area (Å²) in [6, 6.07) is 0. The number of thiazole rings is 1. The Balaban J connectivity index is 2.52. The molecule has 0 bridgehead atoms. The van der Waals surface area contributed by atoms with E-state index in [0.29, 0.717) is 4.88 Å². The second-order valence-corrected chi connectivity index (χ2v) is 5.71. The maximum Gasteiger partial charge on any atom is 0.263 e. The second kappa shape index (κ2) is 4.93. The van der Waals surface area contributed by atoms with Crippen molar-refractivity contribution in [2.75, 3.05) is 6.54 Å². The fourth-order valence-corrected chi connectivity index (χ4v) is 1.81. The van der Waals surface area contributed by atoms with Crippen molar-refractivity contribution in [2.24, 2.45) is 5.41 Å². The molecule has 0 aliphatic heterocycles. The predicted octanol–water partition coefficient (Wildman–Crippen LogP) is 1.59. The summed E-state index contributed by atoms with van der Waals surface area (Å²) in [7, 11) is 0. The fraction of sp³-hybridized carbons (Fsp3) is 0.636. The Kier molecular flexibility index (Phi) is 4.04. The maximum absolute atomic E-state index is 11.7. The van der Waals surface area contributed by atoms with Crippen molar-refractivity contribution in [3.05, 3.63) is 16.1 Å². The van der Waals surface area contributed by atoms with Crippen LogP contribution in [0.1, 0.15) is 36.1 Å². The third-order valence-corrected chi connectivity index (χ3v) is 3.33. The molecule has 0 fully saturated rings. The van der Waals surface area contributed by atoms with E-state index < -0.39 is 6.10 Å². The summed E-state index contributed by atoms with van der Waals surface area (Å²) < 4.78 is 0. The molecule has 0 spiro atoms. The standard InChI is InChI=1S/C11H18N2O2S/c1-7-9(16-6-13-7)10(15)12-5-8(14)11(2,3)4/h6,8,14H,5H2,1-4H3,(H,12,15). The highest BCUT2D eigenvalue weighted by Crippen LogP contribution is 2.18. The number of carbonyl (C=O) groups excluding carboxylic acids is 1. The van der Waals surface area contributed by atoms with Gasteiger partial charge < -0.3 is 10.4 Å². The van der Waals surface area contributed by atoms with Crippen LogP contribution in [0.2, 0.25) is 0 Å². The summed E-state index contributed by atoms with van der Waals surface area (Å²) in [4.78, 5) is 16.3. The van der Waals surface area contributed by atoms with Crippen molar-refractivity contribution >= 4 is 17.2 Å². The summed E-state index contributed by atoms with van der Waals surface area (Å²) in [5.74, 6) is -0.164. The smallest absolute Gasteiger partial charge is 0.263 e. The van der Waals surface area contributed by atoms with Crippen LogP contribution in [-0.4, -0.2) is 28.6 Å². The van der Waals surface area contributed by atoms with E-state index in [9.17, 15) is 9.90 Å². The molecule has 2 N–H and O–H groups in total. The molecule has 16 heavy (non-hydrogen) atoms. The third-order valence-electron chi connectivity index (χ3n) is 2.41. The predicted molar refractivity (Wildman–Crippen MR) is 64.6 cm³/mol. The number of nitrogens with zero attached hydrogens (tertiary/aromatic N) is 1. The molecule has 1 atom stereocenters. The minimum atomic E-state index is -0.551. The number of hydrogen-bond donors (Lipinski definition) is 2. The van der Waals surface area contributed by atoms with Crippen molar-refractivity contribution in [2.45, 2.75) is 33.8 Å². The number of amides is 1. The van der Waals surface area contributed by atoms with Crippen LogP contribution in [0.25, 0.3) is 0 Å². The number of aliphatic hydroxyl groups is 1. The zero-order valence-electron chi connectivity index (χ0n) is 10.1. The first-order chi connectivity index (χ1) is 7.32. The van der Waals surface area contributed by atoms with E-state index in [4.69, 9.17) is 0 Å². The van der Waals surface area contributed by atoms with Crippen molar-refractivity contribution in [1.82, 2.24) is 10.3 Å². The number of rotatable bonds is 3. The molecule has 1 amide bonds. The number of carbonyl (C=O) groups is 1. The minimum absolute atomic E-state index is 0.164. The maximum atomic E-state index is 11.7. The minimum Gasteiger partial charge on any atom is -0.391 e. The highest BCUT2D eigenvalue weighted by atomic mass is 32.1. The number of aromatic nitrogens is 1. The zero-order valence-corrected chi connectivity index (χ0v) is 10.9. The third kappa shape index (κ3) is 3.28. The molecule has 0 saturated carbocycles. The van der Waals surface area contributed by atoms with Gasteiger partial charge in [0.05, 0.1) is 17.3 Å². The van der Waals surface area contributed by atoms with E-state index in [1.165, 1.54) is 11.3 Å². The van der Waals surface area contributed by atoms with Gasteiger partial charge in [0.25, 0.3) is 5.91 Å². The van der Waals surface area contributed by atoms with Crippen LogP contribution in [0.3, 0.4) is 0 Å². The molecule has 0 aliphatic carbocycles. The van der Waals surface area contributed by atoms with E-state index in [2.05, 4.69) is 10.3 Å². The molecule has 90 valence electrons. The van der Waals surface area contributed by atoms with E-state index >= 15 is 0 Å². The SMILES string of the molecule is Cc1ncsc1C(=O)NCC(O)C(C)(C)C. The molecule has 1 aromatic rings. The van der Waals surface area contributed by atoms with Crippen molar-refractivity contribution in [3.63, 3.8) is 0 Å². The van der Waals surface area contributed by atoms with Crippen molar-refractivity contribution in [1.29, 1.82) is 0 Å². The lowest BCUT2D eigenvalue weighted by atomic mass is 9.89. The first-order valence-corrected chi connectivity index (χ1v) is 6.06. The molecular weight excluding hydrogens is 224 g/mol. The van der Waals surface area contributed by atoms with Gasteiger partial charge in [0.1, 0.15) is 4.88 Å². The molecule has 0 radical (unpaired) electrons. The number of aryl methyl sites for hydroxylation is 1. The Morgan fingerprint density at radius 1 is 1.62 bits per heavy atom. The summed E-state index contributed by atoms with van der Waals surface area (Å²) in [6.45, 7) is 7.86. The molecule has 5 heteroatoms. The van der Waals surface area contributed by atoms with Crippen LogP contribution in [0, 0.1) is 12.3 Å². The van der Waals surface area contributed by atoms with E-state index in [1.807, 2.05) is 20.8 Å². The Labute approximate surface area is 99.7 Å². The van der Waals surface area contributed by atoms with Gasteiger partial charge in [-0.3, -0.25) is 4.79 Å². The van der Waals surface area contributed by atoms with Gasteiger partial charge in [-0.1, -0.05) is 20.8 Å². The molecule has 0 aromatic carbocycles. The average molecular weight is 242 g/mol. The van der Waals surface area contributed by atoms with E-state index in [-0.39, 0.29) is 17.9 Å². The molecule has 4 nitrogen and oxygen atoms in total. The molecule has 1 aromatic heterocycles. The monoisotopic (exact) mass is 242 g/mol. The zero-order chi connectivity index (χ0) is 12.3. The normalized spacial score (nSPS) is 13.6. The Bertz CT molecular complexity index is 368.